The largest absolute Gasteiger partial charge is 0.495 e. The fourth-order valence-electron chi connectivity index (χ4n) is 3.12. The first-order valence-corrected chi connectivity index (χ1v) is 10.4. The summed E-state index contributed by atoms with van der Waals surface area (Å²) in [6.07, 6.45) is 3.50. The maximum absolute atomic E-state index is 12.6. The highest BCUT2D eigenvalue weighted by Gasteiger charge is 2.15. The van der Waals surface area contributed by atoms with E-state index >= 15 is 0 Å². The Morgan fingerprint density at radius 3 is 2.71 bits per heavy atom. The van der Waals surface area contributed by atoms with Crippen molar-refractivity contribution in [1.29, 1.82) is 0 Å². The van der Waals surface area contributed by atoms with Gasteiger partial charge in [-0.2, -0.15) is 0 Å². The lowest BCUT2D eigenvalue weighted by molar-refractivity contribution is -0.117. The van der Waals surface area contributed by atoms with Crippen LogP contribution in [-0.4, -0.2) is 36.0 Å². The van der Waals surface area contributed by atoms with Crippen LogP contribution in [0.25, 0.3) is 0 Å². The van der Waals surface area contributed by atoms with Crippen LogP contribution in [0.2, 0.25) is 5.02 Å². The van der Waals surface area contributed by atoms with Gasteiger partial charge in [-0.1, -0.05) is 36.7 Å². The molecular weight excluding hydrogens is 414 g/mol. The molecule has 3 rings (SSSR count). The molecule has 0 spiro atoms. The highest BCUT2D eigenvalue weighted by Crippen LogP contribution is 2.26. The maximum atomic E-state index is 12.6. The van der Waals surface area contributed by atoms with Gasteiger partial charge in [0.15, 0.2) is 0 Å². The molecule has 0 aliphatic carbocycles. The second-order valence-electron chi connectivity index (χ2n) is 6.95. The molecule has 6 nitrogen and oxygen atoms in total. The Labute approximate surface area is 187 Å². The summed E-state index contributed by atoms with van der Waals surface area (Å²) >= 11 is 6.23. The molecule has 0 saturated heterocycles. The summed E-state index contributed by atoms with van der Waals surface area (Å²) in [5.74, 6) is 1.24. The molecule has 1 aromatic heterocycles. The Morgan fingerprint density at radius 2 is 1.97 bits per heavy atom. The summed E-state index contributed by atoms with van der Waals surface area (Å²) in [7, 11) is 1.58. The fourth-order valence-corrected chi connectivity index (χ4v) is 3.31. The highest BCUT2D eigenvalue weighted by atomic mass is 35.5. The van der Waals surface area contributed by atoms with Crippen molar-refractivity contribution in [2.24, 2.45) is 0 Å². The quantitative estimate of drug-likeness (QED) is 0.492. The van der Waals surface area contributed by atoms with Crippen LogP contribution in [0.1, 0.15) is 18.1 Å². The Balaban J connectivity index is 1.66. The van der Waals surface area contributed by atoms with E-state index < -0.39 is 0 Å². The molecule has 1 amide bonds. The van der Waals surface area contributed by atoms with Gasteiger partial charge in [-0.05, 0) is 42.9 Å². The Bertz CT molecular complexity index is 998. The van der Waals surface area contributed by atoms with E-state index in [0.717, 1.165) is 16.9 Å². The van der Waals surface area contributed by atoms with Crippen LogP contribution in [0, 0.1) is 0 Å². The number of para-hydroxylation sites is 2. The monoisotopic (exact) mass is 439 g/mol. The molecule has 1 N–H and O–H groups in total. The molecule has 0 fully saturated rings. The SMILES string of the molecule is CCN(CC(=O)Nc1ccccc1OC)Cc1cc(Cl)ccc1OCc1cccnc1. The Morgan fingerprint density at radius 1 is 1.13 bits per heavy atom. The summed E-state index contributed by atoms with van der Waals surface area (Å²) in [6, 6.07) is 16.7. The average Bonchev–Trinajstić information content (AvgIpc) is 2.79. The molecule has 31 heavy (non-hydrogen) atoms. The minimum Gasteiger partial charge on any atom is -0.495 e. The van der Waals surface area contributed by atoms with Crippen molar-refractivity contribution in [3.8, 4) is 11.5 Å². The summed E-state index contributed by atoms with van der Waals surface area (Å²) in [5, 5.41) is 3.54. The van der Waals surface area contributed by atoms with E-state index in [1.165, 1.54) is 0 Å². The molecule has 0 aliphatic heterocycles. The number of likely N-dealkylation sites (N-methyl/N-ethyl adjacent to an activating group) is 1. The second-order valence-corrected chi connectivity index (χ2v) is 7.39. The van der Waals surface area contributed by atoms with E-state index in [0.29, 0.717) is 36.2 Å². The molecule has 0 unspecified atom stereocenters. The van der Waals surface area contributed by atoms with Crippen molar-refractivity contribution >= 4 is 23.2 Å². The number of carbonyl (C=O) groups is 1. The number of pyridine rings is 1. The van der Waals surface area contributed by atoms with Crippen molar-refractivity contribution in [1.82, 2.24) is 9.88 Å². The number of ether oxygens (including phenoxy) is 2. The Hall–Kier alpha value is -3.09. The number of rotatable bonds is 10. The number of amides is 1. The zero-order valence-corrected chi connectivity index (χ0v) is 18.4. The molecule has 162 valence electrons. The first-order chi connectivity index (χ1) is 15.1. The van der Waals surface area contributed by atoms with Crippen molar-refractivity contribution in [2.45, 2.75) is 20.1 Å². The number of aromatic nitrogens is 1. The van der Waals surface area contributed by atoms with Gasteiger partial charge in [-0.25, -0.2) is 0 Å². The zero-order valence-electron chi connectivity index (χ0n) is 17.7. The minimum atomic E-state index is -0.119. The number of hydrogen-bond donors (Lipinski definition) is 1. The third-order valence-corrected chi connectivity index (χ3v) is 4.96. The fraction of sp³-hybridized carbons (Fsp3) is 0.250. The van der Waals surface area contributed by atoms with Gasteiger partial charge in [0.05, 0.1) is 19.3 Å². The molecule has 1 heterocycles. The van der Waals surface area contributed by atoms with Gasteiger partial charge in [0.25, 0.3) is 0 Å². The zero-order chi connectivity index (χ0) is 22.1. The molecule has 3 aromatic rings. The third-order valence-electron chi connectivity index (χ3n) is 4.73. The normalized spacial score (nSPS) is 10.7. The molecular formula is C24H26ClN3O3. The van der Waals surface area contributed by atoms with Crippen LogP contribution >= 0.6 is 11.6 Å². The second kappa shape index (κ2) is 11.3. The summed E-state index contributed by atoms with van der Waals surface area (Å²) in [4.78, 5) is 18.8. The molecule has 0 radical (unpaired) electrons. The number of halogens is 1. The van der Waals surface area contributed by atoms with E-state index in [-0.39, 0.29) is 12.5 Å². The number of methoxy groups -OCH3 is 1. The van der Waals surface area contributed by atoms with Crippen molar-refractivity contribution in [3.05, 3.63) is 83.1 Å². The van der Waals surface area contributed by atoms with Gasteiger partial charge in [0.2, 0.25) is 5.91 Å². The van der Waals surface area contributed by atoms with E-state index in [1.54, 1.807) is 25.6 Å². The average molecular weight is 440 g/mol. The minimum absolute atomic E-state index is 0.119. The lowest BCUT2D eigenvalue weighted by Crippen LogP contribution is -2.33. The van der Waals surface area contributed by atoms with Crippen molar-refractivity contribution in [2.75, 3.05) is 25.5 Å². The van der Waals surface area contributed by atoms with Crippen LogP contribution in [-0.2, 0) is 17.9 Å². The number of nitrogens with zero attached hydrogens (tertiary/aromatic N) is 2. The predicted octanol–water partition coefficient (Wildman–Crippen LogP) is 4.78. The standard InChI is InChI=1S/C24H26ClN3O3/c1-3-28(16-24(29)27-21-8-4-5-9-23(21)30-2)15-19-13-20(25)10-11-22(19)31-17-18-7-6-12-26-14-18/h4-14H,3,15-17H2,1-2H3,(H,27,29). The topological polar surface area (TPSA) is 63.7 Å². The van der Waals surface area contributed by atoms with Gasteiger partial charge in [0, 0.05) is 35.1 Å². The molecule has 2 aromatic carbocycles. The number of benzene rings is 2. The van der Waals surface area contributed by atoms with Gasteiger partial charge < -0.3 is 14.8 Å². The van der Waals surface area contributed by atoms with Gasteiger partial charge in [-0.15, -0.1) is 0 Å². The van der Waals surface area contributed by atoms with Crippen LogP contribution in [0.15, 0.2) is 67.0 Å². The van der Waals surface area contributed by atoms with Gasteiger partial charge in [0.1, 0.15) is 18.1 Å². The molecule has 0 atom stereocenters. The van der Waals surface area contributed by atoms with E-state index in [1.807, 2.05) is 60.4 Å². The lowest BCUT2D eigenvalue weighted by Gasteiger charge is -2.22. The number of carbonyl (C=O) groups excluding carboxylic acids is 1. The molecule has 0 bridgehead atoms. The smallest absolute Gasteiger partial charge is 0.238 e. The van der Waals surface area contributed by atoms with Crippen molar-refractivity contribution in [3.63, 3.8) is 0 Å². The highest BCUT2D eigenvalue weighted by molar-refractivity contribution is 6.30. The number of hydrogen-bond acceptors (Lipinski definition) is 5. The van der Waals surface area contributed by atoms with Crippen LogP contribution in [0.4, 0.5) is 5.69 Å². The summed E-state index contributed by atoms with van der Waals surface area (Å²) in [5.41, 5.74) is 2.55. The lowest BCUT2D eigenvalue weighted by atomic mass is 10.2. The van der Waals surface area contributed by atoms with Gasteiger partial charge >= 0.3 is 0 Å². The van der Waals surface area contributed by atoms with E-state index in [4.69, 9.17) is 21.1 Å². The summed E-state index contributed by atoms with van der Waals surface area (Å²) < 4.78 is 11.3. The number of anilines is 1. The maximum Gasteiger partial charge on any atom is 0.238 e. The van der Waals surface area contributed by atoms with E-state index in [9.17, 15) is 4.79 Å². The Kier molecular flexibility index (Phi) is 8.27. The molecule has 0 aliphatic rings. The van der Waals surface area contributed by atoms with E-state index in [2.05, 4.69) is 10.3 Å². The van der Waals surface area contributed by atoms with Gasteiger partial charge in [-0.3, -0.25) is 14.7 Å². The van der Waals surface area contributed by atoms with Crippen LogP contribution < -0.4 is 14.8 Å². The third kappa shape index (κ3) is 6.70. The predicted molar refractivity (Wildman–Crippen MR) is 123 cm³/mol. The number of nitrogens with one attached hydrogen (secondary N) is 1. The molecule has 0 saturated carbocycles. The molecule has 7 heteroatoms. The first kappa shape index (κ1) is 22.6. The first-order valence-electron chi connectivity index (χ1n) is 10.0. The van der Waals surface area contributed by atoms with Crippen LogP contribution in [0.3, 0.4) is 0 Å². The van der Waals surface area contributed by atoms with Crippen LogP contribution in [0.5, 0.6) is 11.5 Å². The summed E-state index contributed by atoms with van der Waals surface area (Å²) in [6.45, 7) is 3.86. The van der Waals surface area contributed by atoms with Crippen molar-refractivity contribution < 1.29 is 14.3 Å².